The van der Waals surface area contributed by atoms with Crippen molar-refractivity contribution in [3.05, 3.63) is 0 Å². The summed E-state index contributed by atoms with van der Waals surface area (Å²) >= 11 is 1.63. The van der Waals surface area contributed by atoms with Gasteiger partial charge in [-0.1, -0.05) is 19.8 Å². The van der Waals surface area contributed by atoms with Gasteiger partial charge in [0.2, 0.25) is 11.8 Å². The zero-order chi connectivity index (χ0) is 12.4. The Kier molecular flexibility index (Phi) is 9.09. The van der Waals surface area contributed by atoms with Crippen molar-refractivity contribution in [2.45, 2.75) is 32.6 Å². The van der Waals surface area contributed by atoms with Crippen molar-refractivity contribution < 1.29 is 9.59 Å². The van der Waals surface area contributed by atoms with E-state index in [9.17, 15) is 9.59 Å². The maximum absolute atomic E-state index is 11.7. The van der Waals surface area contributed by atoms with E-state index < -0.39 is 5.91 Å². The first-order valence-corrected chi connectivity index (χ1v) is 7.06. The van der Waals surface area contributed by atoms with Gasteiger partial charge >= 0.3 is 0 Å². The van der Waals surface area contributed by atoms with Gasteiger partial charge < -0.3 is 10.6 Å². The Balaban J connectivity index is 4.06. The monoisotopic (exact) mass is 246 g/mol. The Morgan fingerprint density at radius 1 is 1.31 bits per heavy atom. The molecule has 0 bridgehead atoms. The zero-order valence-electron chi connectivity index (χ0n) is 10.2. The molecule has 2 amide bonds. The van der Waals surface area contributed by atoms with E-state index in [1.807, 2.05) is 6.26 Å². The minimum Gasteiger partial charge on any atom is -0.368 e. The molecule has 0 heterocycles. The summed E-state index contributed by atoms with van der Waals surface area (Å²) in [6.45, 7) is 2.80. The summed E-state index contributed by atoms with van der Waals surface area (Å²) in [5, 5.41) is 0. The van der Waals surface area contributed by atoms with Gasteiger partial charge in [-0.15, -0.1) is 0 Å². The van der Waals surface area contributed by atoms with Crippen LogP contribution in [0, 0.1) is 0 Å². The van der Waals surface area contributed by atoms with Gasteiger partial charge in [0.05, 0.1) is 6.54 Å². The van der Waals surface area contributed by atoms with Crippen molar-refractivity contribution in [1.82, 2.24) is 4.90 Å². The summed E-state index contributed by atoms with van der Waals surface area (Å²) in [6.07, 6.45) is 5.56. The number of hydrogen-bond acceptors (Lipinski definition) is 3. The molecule has 0 aliphatic rings. The average molecular weight is 246 g/mol. The number of carbonyl (C=O) groups is 2. The fourth-order valence-electron chi connectivity index (χ4n) is 1.38. The van der Waals surface area contributed by atoms with Crippen LogP contribution in [0.1, 0.15) is 32.6 Å². The smallest absolute Gasteiger partial charge is 0.237 e. The first-order chi connectivity index (χ1) is 7.61. The minimum atomic E-state index is -0.436. The van der Waals surface area contributed by atoms with E-state index in [4.69, 9.17) is 5.73 Å². The molecule has 0 atom stereocenters. The molecule has 4 nitrogen and oxygen atoms in total. The van der Waals surface area contributed by atoms with Crippen molar-refractivity contribution in [3.63, 3.8) is 0 Å². The third kappa shape index (κ3) is 7.56. The van der Waals surface area contributed by atoms with E-state index >= 15 is 0 Å². The van der Waals surface area contributed by atoms with Crippen molar-refractivity contribution >= 4 is 23.6 Å². The second-order valence-corrected chi connectivity index (χ2v) is 4.72. The lowest BCUT2D eigenvalue weighted by Crippen LogP contribution is -2.39. The van der Waals surface area contributed by atoms with E-state index in [0.717, 1.165) is 25.0 Å². The SMILES string of the molecule is CCCCCN(CC(N)=O)C(=O)CCSC. The van der Waals surface area contributed by atoms with Gasteiger partial charge in [0.25, 0.3) is 0 Å². The lowest BCUT2D eigenvalue weighted by molar-refractivity contribution is -0.134. The molecule has 0 aromatic heterocycles. The molecule has 0 aliphatic heterocycles. The number of nitrogens with zero attached hydrogens (tertiary/aromatic N) is 1. The lowest BCUT2D eigenvalue weighted by Gasteiger charge is -2.20. The number of carbonyl (C=O) groups excluding carboxylic acids is 2. The molecular weight excluding hydrogens is 224 g/mol. The molecule has 0 aromatic rings. The number of unbranched alkanes of at least 4 members (excludes halogenated alkanes) is 2. The predicted octanol–water partition coefficient (Wildman–Crippen LogP) is 1.24. The summed E-state index contributed by atoms with van der Waals surface area (Å²) in [4.78, 5) is 24.2. The average Bonchev–Trinajstić information content (AvgIpc) is 2.24. The van der Waals surface area contributed by atoms with E-state index in [1.165, 1.54) is 0 Å². The molecule has 2 N–H and O–H groups in total. The van der Waals surface area contributed by atoms with Gasteiger partial charge in [-0.2, -0.15) is 11.8 Å². The van der Waals surface area contributed by atoms with E-state index in [-0.39, 0.29) is 12.5 Å². The lowest BCUT2D eigenvalue weighted by atomic mass is 10.2. The molecule has 0 unspecified atom stereocenters. The third-order valence-electron chi connectivity index (χ3n) is 2.25. The number of thioether (sulfide) groups is 1. The highest BCUT2D eigenvalue weighted by Crippen LogP contribution is 2.03. The molecule has 16 heavy (non-hydrogen) atoms. The standard InChI is InChI=1S/C11H22N2O2S/c1-3-4-5-7-13(9-10(12)14)11(15)6-8-16-2/h3-9H2,1-2H3,(H2,12,14). The van der Waals surface area contributed by atoms with Gasteiger partial charge in [0, 0.05) is 18.7 Å². The second kappa shape index (κ2) is 9.51. The van der Waals surface area contributed by atoms with Crippen LogP contribution >= 0.6 is 11.8 Å². The van der Waals surface area contributed by atoms with Crippen LogP contribution < -0.4 is 5.73 Å². The summed E-state index contributed by atoms with van der Waals surface area (Å²) in [7, 11) is 0. The van der Waals surface area contributed by atoms with Crippen LogP contribution in [0.15, 0.2) is 0 Å². The number of rotatable bonds is 9. The first kappa shape index (κ1) is 15.3. The molecule has 0 fully saturated rings. The van der Waals surface area contributed by atoms with Crippen molar-refractivity contribution in [2.24, 2.45) is 5.73 Å². The highest BCUT2D eigenvalue weighted by Gasteiger charge is 2.14. The number of amides is 2. The summed E-state index contributed by atoms with van der Waals surface area (Å²) < 4.78 is 0. The van der Waals surface area contributed by atoms with Crippen LogP contribution in [0.4, 0.5) is 0 Å². The summed E-state index contributed by atoms with van der Waals surface area (Å²) in [5.41, 5.74) is 5.13. The molecular formula is C11H22N2O2S. The Bertz CT molecular complexity index is 222. The van der Waals surface area contributed by atoms with Crippen molar-refractivity contribution in [3.8, 4) is 0 Å². The highest BCUT2D eigenvalue weighted by atomic mass is 32.2. The van der Waals surface area contributed by atoms with Gasteiger partial charge in [0.1, 0.15) is 0 Å². The Hall–Kier alpha value is -0.710. The fourth-order valence-corrected chi connectivity index (χ4v) is 1.76. The third-order valence-corrected chi connectivity index (χ3v) is 2.86. The van der Waals surface area contributed by atoms with Gasteiger partial charge in [-0.25, -0.2) is 0 Å². The number of hydrogen-bond donors (Lipinski definition) is 1. The van der Waals surface area contributed by atoms with Gasteiger partial charge in [-0.05, 0) is 12.7 Å². The van der Waals surface area contributed by atoms with E-state index in [0.29, 0.717) is 13.0 Å². The van der Waals surface area contributed by atoms with Crippen molar-refractivity contribution in [1.29, 1.82) is 0 Å². The Morgan fingerprint density at radius 2 is 2.00 bits per heavy atom. The van der Waals surface area contributed by atoms with E-state index in [1.54, 1.807) is 16.7 Å². The quantitative estimate of drug-likeness (QED) is 0.623. The summed E-state index contributed by atoms with van der Waals surface area (Å²) in [6, 6.07) is 0. The topological polar surface area (TPSA) is 63.4 Å². The minimum absolute atomic E-state index is 0.0317. The molecule has 0 aliphatic carbocycles. The highest BCUT2D eigenvalue weighted by molar-refractivity contribution is 7.98. The fraction of sp³-hybridized carbons (Fsp3) is 0.818. The van der Waals surface area contributed by atoms with Gasteiger partial charge in [0.15, 0.2) is 0 Å². The molecule has 0 saturated heterocycles. The summed E-state index contributed by atoms with van der Waals surface area (Å²) in [5.74, 6) is 0.389. The molecule has 0 radical (unpaired) electrons. The Morgan fingerprint density at radius 3 is 2.50 bits per heavy atom. The molecule has 0 aromatic carbocycles. The van der Waals surface area contributed by atoms with Crippen LogP contribution in [0.5, 0.6) is 0 Å². The molecule has 5 heteroatoms. The van der Waals surface area contributed by atoms with Gasteiger partial charge in [-0.3, -0.25) is 9.59 Å². The zero-order valence-corrected chi connectivity index (χ0v) is 11.0. The molecule has 94 valence electrons. The maximum atomic E-state index is 11.7. The largest absolute Gasteiger partial charge is 0.368 e. The predicted molar refractivity (Wildman–Crippen MR) is 68.3 cm³/mol. The molecule has 0 spiro atoms. The van der Waals surface area contributed by atoms with Crippen molar-refractivity contribution in [2.75, 3.05) is 25.1 Å². The maximum Gasteiger partial charge on any atom is 0.237 e. The molecule has 0 rings (SSSR count). The number of nitrogens with two attached hydrogens (primary N) is 1. The van der Waals surface area contributed by atoms with Crippen LogP contribution in [0.25, 0.3) is 0 Å². The van der Waals surface area contributed by atoms with Crippen LogP contribution in [0.3, 0.4) is 0 Å². The second-order valence-electron chi connectivity index (χ2n) is 3.73. The first-order valence-electron chi connectivity index (χ1n) is 5.66. The van der Waals surface area contributed by atoms with E-state index in [2.05, 4.69) is 6.92 Å². The molecule has 0 saturated carbocycles. The number of primary amides is 1. The Labute approximate surface area is 102 Å². The van der Waals surface area contributed by atoms with Crippen LogP contribution in [-0.4, -0.2) is 41.8 Å². The van der Waals surface area contributed by atoms with Crippen LogP contribution in [-0.2, 0) is 9.59 Å². The van der Waals surface area contributed by atoms with Crippen LogP contribution in [0.2, 0.25) is 0 Å². The normalized spacial score (nSPS) is 10.1.